The van der Waals surface area contributed by atoms with Gasteiger partial charge in [0, 0.05) is 5.02 Å². The lowest BCUT2D eigenvalue weighted by Crippen LogP contribution is -2.43. The summed E-state index contributed by atoms with van der Waals surface area (Å²) in [5.41, 5.74) is 1.15. The Balaban J connectivity index is 2.10. The Labute approximate surface area is 141 Å². The maximum atomic E-state index is 11.5. The monoisotopic (exact) mass is 332 g/mol. The minimum atomic E-state index is -1.16. The molecule has 0 heterocycles. The van der Waals surface area contributed by atoms with Gasteiger partial charge in [-0.3, -0.25) is 0 Å². The average Bonchev–Trinajstić information content (AvgIpc) is 2.56. The number of rotatable bonds is 7. The summed E-state index contributed by atoms with van der Waals surface area (Å²) in [4.78, 5) is 11.5. The van der Waals surface area contributed by atoms with Crippen molar-refractivity contribution < 1.29 is 14.6 Å². The summed E-state index contributed by atoms with van der Waals surface area (Å²) in [6, 6.07) is 15.3. The molecule has 1 N–H and O–H groups in total. The molecule has 23 heavy (non-hydrogen) atoms. The average molecular weight is 333 g/mol. The van der Waals surface area contributed by atoms with Crippen molar-refractivity contribution >= 4 is 17.6 Å². The molecule has 0 amide bonds. The molecule has 0 aromatic heterocycles. The Kier molecular flexibility index (Phi) is 5.67. The molecule has 0 atom stereocenters. The van der Waals surface area contributed by atoms with Crippen LogP contribution in [0.5, 0.6) is 5.75 Å². The highest BCUT2D eigenvalue weighted by atomic mass is 35.5. The third kappa shape index (κ3) is 4.26. The zero-order chi connectivity index (χ0) is 16.9. The lowest BCUT2D eigenvalue weighted by Gasteiger charge is -2.28. The number of hydrogen-bond donors (Lipinski definition) is 1. The van der Waals surface area contributed by atoms with E-state index in [1.54, 1.807) is 0 Å². The van der Waals surface area contributed by atoms with Gasteiger partial charge in [-0.2, -0.15) is 0 Å². The Morgan fingerprint density at radius 1 is 1.00 bits per heavy atom. The van der Waals surface area contributed by atoms with Gasteiger partial charge in [0.05, 0.1) is 0 Å². The molecule has 2 aromatic rings. The minimum Gasteiger partial charge on any atom is -0.478 e. The molecule has 0 spiro atoms. The van der Waals surface area contributed by atoms with E-state index in [0.717, 1.165) is 17.0 Å². The second-order valence-electron chi connectivity index (χ2n) is 5.56. The van der Waals surface area contributed by atoms with Gasteiger partial charge in [-0.25, -0.2) is 4.79 Å². The molecule has 4 heteroatoms. The number of aliphatic carboxylic acids is 1. The molecule has 0 radical (unpaired) electrons. The van der Waals surface area contributed by atoms with Crippen LogP contribution >= 0.6 is 11.6 Å². The summed E-state index contributed by atoms with van der Waals surface area (Å²) in [6.45, 7) is 3.65. The molecule has 122 valence electrons. The van der Waals surface area contributed by atoms with Gasteiger partial charge in [0.1, 0.15) is 5.75 Å². The van der Waals surface area contributed by atoms with Crippen molar-refractivity contribution in [3.05, 3.63) is 64.7 Å². The largest absolute Gasteiger partial charge is 0.478 e. The van der Waals surface area contributed by atoms with E-state index in [9.17, 15) is 9.90 Å². The number of halogens is 1. The number of carboxylic acids is 1. The Morgan fingerprint density at radius 2 is 1.48 bits per heavy atom. The van der Waals surface area contributed by atoms with Gasteiger partial charge >= 0.3 is 5.97 Å². The summed E-state index contributed by atoms with van der Waals surface area (Å²) >= 11 is 5.89. The first-order valence-electron chi connectivity index (χ1n) is 7.75. The van der Waals surface area contributed by atoms with Crippen LogP contribution in [0.25, 0.3) is 0 Å². The fraction of sp³-hybridized carbons (Fsp3) is 0.316. The van der Waals surface area contributed by atoms with Crippen molar-refractivity contribution in [3.63, 3.8) is 0 Å². The third-order valence-electron chi connectivity index (χ3n) is 4.09. The van der Waals surface area contributed by atoms with Crippen LogP contribution in [0.4, 0.5) is 0 Å². The lowest BCUT2D eigenvalue weighted by atomic mass is 9.97. The molecular formula is C19H21ClO3. The van der Waals surface area contributed by atoms with Crippen LogP contribution in [0.1, 0.15) is 37.8 Å². The van der Waals surface area contributed by atoms with E-state index in [-0.39, 0.29) is 0 Å². The first-order chi connectivity index (χ1) is 11.0. The van der Waals surface area contributed by atoms with Crippen molar-refractivity contribution in [2.24, 2.45) is 0 Å². The molecule has 0 aliphatic rings. The van der Waals surface area contributed by atoms with Gasteiger partial charge in [-0.15, -0.1) is 0 Å². The maximum Gasteiger partial charge on any atom is 0.348 e. The maximum absolute atomic E-state index is 11.5. The SMILES string of the molecule is CCC(CC)(Oc1ccc(Cc2ccc(Cl)cc2)cc1)C(=O)O. The predicted molar refractivity (Wildman–Crippen MR) is 92.3 cm³/mol. The van der Waals surface area contributed by atoms with Crippen molar-refractivity contribution in [1.82, 2.24) is 0 Å². The van der Waals surface area contributed by atoms with Gasteiger partial charge in [0.15, 0.2) is 0 Å². The van der Waals surface area contributed by atoms with Crippen molar-refractivity contribution in [2.45, 2.75) is 38.7 Å². The van der Waals surface area contributed by atoms with Crippen LogP contribution < -0.4 is 4.74 Å². The second kappa shape index (κ2) is 7.51. The molecular weight excluding hydrogens is 312 g/mol. The van der Waals surface area contributed by atoms with Crippen molar-refractivity contribution in [3.8, 4) is 5.75 Å². The van der Waals surface area contributed by atoms with Gasteiger partial charge in [0.2, 0.25) is 5.60 Å². The van der Waals surface area contributed by atoms with Crippen LogP contribution in [0, 0.1) is 0 Å². The molecule has 3 nitrogen and oxygen atoms in total. The molecule has 0 bridgehead atoms. The van der Waals surface area contributed by atoms with Crippen molar-refractivity contribution in [2.75, 3.05) is 0 Å². The highest BCUT2D eigenvalue weighted by Gasteiger charge is 2.37. The number of benzene rings is 2. The fourth-order valence-electron chi connectivity index (χ4n) is 2.48. The van der Waals surface area contributed by atoms with E-state index < -0.39 is 11.6 Å². The van der Waals surface area contributed by atoms with E-state index in [1.807, 2.05) is 62.4 Å². The zero-order valence-corrected chi connectivity index (χ0v) is 14.1. The van der Waals surface area contributed by atoms with Crippen LogP contribution in [-0.4, -0.2) is 16.7 Å². The topological polar surface area (TPSA) is 46.5 Å². The summed E-state index contributed by atoms with van der Waals surface area (Å²) in [7, 11) is 0. The smallest absolute Gasteiger partial charge is 0.348 e. The van der Waals surface area contributed by atoms with Crippen LogP contribution in [0.15, 0.2) is 48.5 Å². The van der Waals surface area contributed by atoms with Gasteiger partial charge in [0.25, 0.3) is 0 Å². The predicted octanol–water partition coefficient (Wildman–Crippen LogP) is 4.95. The van der Waals surface area contributed by atoms with Gasteiger partial charge in [-0.1, -0.05) is 49.7 Å². The zero-order valence-electron chi connectivity index (χ0n) is 13.4. The first-order valence-corrected chi connectivity index (χ1v) is 8.12. The molecule has 0 saturated heterocycles. The molecule has 0 fully saturated rings. The van der Waals surface area contributed by atoms with Gasteiger partial charge in [-0.05, 0) is 54.7 Å². The first kappa shape index (κ1) is 17.4. The van der Waals surface area contributed by atoms with E-state index in [4.69, 9.17) is 16.3 Å². The Morgan fingerprint density at radius 3 is 1.91 bits per heavy atom. The minimum absolute atomic E-state index is 0.422. The number of hydrogen-bond acceptors (Lipinski definition) is 2. The summed E-state index contributed by atoms with van der Waals surface area (Å²) in [5.74, 6) is -0.344. The molecule has 0 aliphatic carbocycles. The summed E-state index contributed by atoms with van der Waals surface area (Å²) in [6.07, 6.45) is 1.64. The molecule has 0 saturated carbocycles. The fourth-order valence-corrected chi connectivity index (χ4v) is 2.61. The van der Waals surface area contributed by atoms with Crippen LogP contribution in [-0.2, 0) is 11.2 Å². The molecule has 2 rings (SSSR count). The normalized spacial score (nSPS) is 11.3. The van der Waals surface area contributed by atoms with Crippen LogP contribution in [0.2, 0.25) is 5.02 Å². The standard InChI is InChI=1S/C19H21ClO3/c1-3-19(4-2,18(21)22)23-17-11-7-15(8-12-17)13-14-5-9-16(20)10-6-14/h5-12H,3-4,13H2,1-2H3,(H,21,22). The number of carboxylic acid groups (broad SMARTS) is 1. The number of carbonyl (C=O) groups is 1. The quantitative estimate of drug-likeness (QED) is 0.780. The van der Waals surface area contributed by atoms with Crippen LogP contribution in [0.3, 0.4) is 0 Å². The Bertz CT molecular complexity index is 643. The second-order valence-corrected chi connectivity index (χ2v) is 5.99. The summed E-state index contributed by atoms with van der Waals surface area (Å²) in [5, 5.41) is 10.1. The Hall–Kier alpha value is -2.00. The highest BCUT2D eigenvalue weighted by molar-refractivity contribution is 6.30. The lowest BCUT2D eigenvalue weighted by molar-refractivity contribution is -0.156. The summed E-state index contributed by atoms with van der Waals surface area (Å²) < 4.78 is 5.77. The van der Waals surface area contributed by atoms with E-state index in [1.165, 1.54) is 5.56 Å². The third-order valence-corrected chi connectivity index (χ3v) is 4.34. The highest BCUT2D eigenvalue weighted by Crippen LogP contribution is 2.26. The molecule has 0 aliphatic heterocycles. The van der Waals surface area contributed by atoms with E-state index >= 15 is 0 Å². The molecule has 0 unspecified atom stereocenters. The van der Waals surface area contributed by atoms with E-state index in [2.05, 4.69) is 0 Å². The molecule has 2 aromatic carbocycles. The van der Waals surface area contributed by atoms with Gasteiger partial charge < -0.3 is 9.84 Å². The van der Waals surface area contributed by atoms with Crippen molar-refractivity contribution in [1.29, 1.82) is 0 Å². The number of ether oxygens (including phenoxy) is 1. The van der Waals surface area contributed by atoms with E-state index in [0.29, 0.717) is 18.6 Å².